The molecule has 2 aliphatic carbocycles. The summed E-state index contributed by atoms with van der Waals surface area (Å²) in [6, 6.07) is 7.32. The molecular weight excluding hydrogens is 258 g/mol. The third kappa shape index (κ3) is 2.43. The zero-order valence-corrected chi connectivity index (χ0v) is 12.0. The Kier molecular flexibility index (Phi) is 3.18. The Labute approximate surface area is 115 Å². The highest BCUT2D eigenvalue weighted by Gasteiger charge is 2.37. The van der Waals surface area contributed by atoms with Crippen molar-refractivity contribution in [2.45, 2.75) is 60.6 Å². The van der Waals surface area contributed by atoms with E-state index in [1.165, 1.54) is 19.3 Å². The van der Waals surface area contributed by atoms with Gasteiger partial charge in [-0.3, -0.25) is 0 Å². The second kappa shape index (κ2) is 4.60. The van der Waals surface area contributed by atoms with Gasteiger partial charge < -0.3 is 5.73 Å². The Balaban J connectivity index is 1.86. The maximum atomic E-state index is 12.1. The Hall–Kier alpha value is -0.870. The predicted molar refractivity (Wildman–Crippen MR) is 75.6 cm³/mol. The van der Waals surface area contributed by atoms with Crippen molar-refractivity contribution in [1.29, 1.82) is 0 Å². The molecule has 0 aromatic heterocycles. The molecule has 3 nitrogen and oxygen atoms in total. The number of nitrogens with two attached hydrogens (primary N) is 1. The average Bonchev–Trinajstić information content (AvgIpc) is 3.24. The summed E-state index contributed by atoms with van der Waals surface area (Å²) in [4.78, 5) is 0.457. The van der Waals surface area contributed by atoms with Crippen molar-refractivity contribution in [1.82, 2.24) is 0 Å². The van der Waals surface area contributed by atoms with Crippen LogP contribution in [0.25, 0.3) is 0 Å². The molecule has 2 fully saturated rings. The van der Waals surface area contributed by atoms with Crippen molar-refractivity contribution < 1.29 is 8.42 Å². The van der Waals surface area contributed by atoms with E-state index in [0.29, 0.717) is 4.90 Å². The molecule has 1 aromatic carbocycles. The van der Waals surface area contributed by atoms with Crippen LogP contribution in [0.4, 0.5) is 0 Å². The Morgan fingerprint density at radius 1 is 1.00 bits per heavy atom. The average molecular weight is 279 g/mol. The largest absolute Gasteiger partial charge is 0.321 e. The van der Waals surface area contributed by atoms with Crippen LogP contribution >= 0.6 is 0 Å². The second-order valence-corrected chi connectivity index (χ2v) is 8.21. The van der Waals surface area contributed by atoms with E-state index in [-0.39, 0.29) is 10.8 Å². The molecule has 2 N–H and O–H groups in total. The van der Waals surface area contributed by atoms with E-state index in [1.54, 1.807) is 12.1 Å². The SMILES string of the molecule is NC1(c2ccc(S(=O)(=O)C3CC3)cc2)CCCCC1. The summed E-state index contributed by atoms with van der Waals surface area (Å²) in [5, 5.41) is -0.139. The van der Waals surface area contributed by atoms with Crippen LogP contribution in [0.3, 0.4) is 0 Å². The molecule has 0 amide bonds. The van der Waals surface area contributed by atoms with Gasteiger partial charge in [0.2, 0.25) is 0 Å². The highest BCUT2D eigenvalue weighted by atomic mass is 32.2. The van der Waals surface area contributed by atoms with E-state index in [1.807, 2.05) is 12.1 Å². The highest BCUT2D eigenvalue weighted by Crippen LogP contribution is 2.37. The maximum Gasteiger partial charge on any atom is 0.181 e. The van der Waals surface area contributed by atoms with Crippen molar-refractivity contribution in [3.63, 3.8) is 0 Å². The summed E-state index contributed by atoms with van der Waals surface area (Å²) < 4.78 is 24.3. The number of sulfone groups is 1. The third-order valence-electron chi connectivity index (χ3n) is 4.47. The van der Waals surface area contributed by atoms with Gasteiger partial charge >= 0.3 is 0 Å². The first kappa shape index (κ1) is 13.1. The zero-order chi connectivity index (χ0) is 13.5. The molecule has 4 heteroatoms. The van der Waals surface area contributed by atoms with Crippen LogP contribution in [-0.4, -0.2) is 13.7 Å². The van der Waals surface area contributed by atoms with Crippen LogP contribution in [0, 0.1) is 0 Å². The summed E-state index contributed by atoms with van der Waals surface area (Å²) in [6.45, 7) is 0. The van der Waals surface area contributed by atoms with E-state index in [0.717, 1.165) is 31.2 Å². The summed E-state index contributed by atoms with van der Waals surface area (Å²) in [7, 11) is -3.07. The van der Waals surface area contributed by atoms with E-state index in [4.69, 9.17) is 5.73 Å². The fraction of sp³-hybridized carbons (Fsp3) is 0.600. The van der Waals surface area contributed by atoms with Crippen molar-refractivity contribution >= 4 is 9.84 Å². The minimum Gasteiger partial charge on any atom is -0.321 e. The summed E-state index contributed by atoms with van der Waals surface area (Å²) in [5.41, 5.74) is 7.30. The summed E-state index contributed by atoms with van der Waals surface area (Å²) in [6.07, 6.45) is 7.21. The molecule has 0 radical (unpaired) electrons. The number of hydrogen-bond donors (Lipinski definition) is 1. The normalized spacial score (nSPS) is 23.2. The van der Waals surface area contributed by atoms with Crippen molar-refractivity contribution in [2.24, 2.45) is 5.73 Å². The van der Waals surface area contributed by atoms with Crippen LogP contribution in [0.1, 0.15) is 50.5 Å². The summed E-state index contributed by atoms with van der Waals surface area (Å²) in [5.74, 6) is 0. The minimum atomic E-state index is -3.07. The van der Waals surface area contributed by atoms with Gasteiger partial charge in [-0.15, -0.1) is 0 Å². The number of benzene rings is 1. The monoisotopic (exact) mass is 279 g/mol. The lowest BCUT2D eigenvalue weighted by Crippen LogP contribution is -2.38. The molecule has 1 aromatic rings. The molecule has 0 bridgehead atoms. The quantitative estimate of drug-likeness (QED) is 0.925. The van der Waals surface area contributed by atoms with Crippen molar-refractivity contribution in [2.75, 3.05) is 0 Å². The predicted octanol–water partition coefficient (Wildman–Crippen LogP) is 2.74. The molecule has 104 valence electrons. The summed E-state index contributed by atoms with van der Waals surface area (Å²) >= 11 is 0. The molecule has 2 aliphatic rings. The van der Waals surface area contributed by atoms with Gasteiger partial charge in [-0.1, -0.05) is 31.4 Å². The van der Waals surface area contributed by atoms with Crippen molar-refractivity contribution in [3.8, 4) is 0 Å². The van der Waals surface area contributed by atoms with Gasteiger partial charge in [0.1, 0.15) is 0 Å². The van der Waals surface area contributed by atoms with Crippen LogP contribution < -0.4 is 5.73 Å². The Morgan fingerprint density at radius 2 is 1.58 bits per heavy atom. The van der Waals surface area contributed by atoms with Crippen LogP contribution in [-0.2, 0) is 15.4 Å². The fourth-order valence-electron chi connectivity index (χ4n) is 3.02. The van der Waals surface area contributed by atoms with E-state index in [9.17, 15) is 8.42 Å². The zero-order valence-electron chi connectivity index (χ0n) is 11.1. The number of rotatable bonds is 3. The van der Waals surface area contributed by atoms with E-state index < -0.39 is 9.84 Å². The molecule has 0 heterocycles. The van der Waals surface area contributed by atoms with Gasteiger partial charge in [-0.2, -0.15) is 0 Å². The van der Waals surface area contributed by atoms with Crippen LogP contribution in [0.5, 0.6) is 0 Å². The van der Waals surface area contributed by atoms with Gasteiger partial charge in [-0.05, 0) is 43.4 Å². The lowest BCUT2D eigenvalue weighted by atomic mass is 9.77. The maximum absolute atomic E-state index is 12.1. The Bertz CT molecular complexity index is 552. The lowest BCUT2D eigenvalue weighted by molar-refractivity contribution is 0.302. The molecule has 0 unspecified atom stereocenters. The van der Waals surface area contributed by atoms with Gasteiger partial charge in [0.05, 0.1) is 10.1 Å². The molecule has 0 saturated heterocycles. The first-order valence-corrected chi connectivity index (χ1v) is 8.70. The standard InChI is InChI=1S/C15H21NO2S/c16-15(10-2-1-3-11-15)12-4-6-13(7-5-12)19(17,18)14-8-9-14/h4-7,14H,1-3,8-11,16H2. The van der Waals surface area contributed by atoms with E-state index in [2.05, 4.69) is 0 Å². The van der Waals surface area contributed by atoms with Gasteiger partial charge in [0, 0.05) is 5.54 Å². The molecule has 0 spiro atoms. The molecule has 3 rings (SSSR count). The van der Waals surface area contributed by atoms with Crippen molar-refractivity contribution in [3.05, 3.63) is 29.8 Å². The topological polar surface area (TPSA) is 60.2 Å². The lowest BCUT2D eigenvalue weighted by Gasteiger charge is -2.34. The fourth-order valence-corrected chi connectivity index (χ4v) is 4.68. The smallest absolute Gasteiger partial charge is 0.181 e. The number of hydrogen-bond acceptors (Lipinski definition) is 3. The van der Waals surface area contributed by atoms with Crippen LogP contribution in [0.2, 0.25) is 0 Å². The molecule has 2 saturated carbocycles. The first-order valence-electron chi connectivity index (χ1n) is 7.16. The Morgan fingerprint density at radius 3 is 2.11 bits per heavy atom. The minimum absolute atomic E-state index is 0.139. The molecule has 19 heavy (non-hydrogen) atoms. The van der Waals surface area contributed by atoms with Gasteiger partial charge in [0.15, 0.2) is 9.84 Å². The second-order valence-electron chi connectivity index (χ2n) is 5.99. The highest BCUT2D eigenvalue weighted by molar-refractivity contribution is 7.92. The molecule has 0 atom stereocenters. The van der Waals surface area contributed by atoms with Gasteiger partial charge in [0.25, 0.3) is 0 Å². The van der Waals surface area contributed by atoms with Gasteiger partial charge in [-0.25, -0.2) is 8.42 Å². The molecular formula is C15H21NO2S. The van der Waals surface area contributed by atoms with Crippen LogP contribution in [0.15, 0.2) is 29.2 Å². The third-order valence-corrected chi connectivity index (χ3v) is 6.75. The first-order chi connectivity index (χ1) is 9.02. The molecule has 0 aliphatic heterocycles. The van der Waals surface area contributed by atoms with E-state index >= 15 is 0 Å².